The number of aromatic nitrogens is 2. The molecule has 1 aromatic carbocycles. The standard InChI is InChI=1S/C27H30N4OS2/c1-16-6-8-18(9-7-16)22-12-17(2)29-26(30-22)33-15-24(32)31-25-21(14-28)20-11-10-19(27(3,4)5)13-23(20)34-25/h6-9,12,19H,10-11,13,15H2,1-5H3,(H,31,32)/t19-/m1/s1. The number of fused-ring (bicyclic) bond motifs is 1. The summed E-state index contributed by atoms with van der Waals surface area (Å²) in [6, 6.07) is 12.5. The third-order valence-electron chi connectivity index (χ3n) is 6.37. The van der Waals surface area contributed by atoms with E-state index in [0.717, 1.165) is 41.8 Å². The number of nitriles is 1. The fraction of sp³-hybridized carbons (Fsp3) is 0.407. The molecule has 1 aliphatic carbocycles. The Labute approximate surface area is 210 Å². The molecule has 3 aromatic rings. The Morgan fingerprint density at radius 2 is 1.97 bits per heavy atom. The van der Waals surface area contributed by atoms with E-state index in [4.69, 9.17) is 0 Å². The van der Waals surface area contributed by atoms with Gasteiger partial charge in [0.15, 0.2) is 5.16 Å². The number of aryl methyl sites for hydroxylation is 2. The molecule has 1 amide bonds. The van der Waals surface area contributed by atoms with Gasteiger partial charge in [0.25, 0.3) is 0 Å². The van der Waals surface area contributed by atoms with Crippen LogP contribution in [0.3, 0.4) is 0 Å². The summed E-state index contributed by atoms with van der Waals surface area (Å²) in [5, 5.41) is 14.0. The number of thiophene rings is 1. The Bertz CT molecular complexity index is 1250. The van der Waals surface area contributed by atoms with Crippen LogP contribution >= 0.6 is 23.1 Å². The second-order valence-electron chi connectivity index (χ2n) is 10.0. The van der Waals surface area contributed by atoms with Crippen molar-refractivity contribution in [1.82, 2.24) is 9.97 Å². The number of benzene rings is 1. The molecule has 7 heteroatoms. The van der Waals surface area contributed by atoms with Gasteiger partial charge in [-0.25, -0.2) is 9.97 Å². The summed E-state index contributed by atoms with van der Waals surface area (Å²) in [6.07, 6.45) is 2.96. The summed E-state index contributed by atoms with van der Waals surface area (Å²) in [4.78, 5) is 23.2. The number of carbonyl (C=O) groups is 1. The molecule has 0 spiro atoms. The van der Waals surface area contributed by atoms with Gasteiger partial charge in [0.1, 0.15) is 11.1 Å². The van der Waals surface area contributed by atoms with Crippen molar-refractivity contribution < 1.29 is 4.79 Å². The van der Waals surface area contributed by atoms with E-state index in [-0.39, 0.29) is 17.1 Å². The van der Waals surface area contributed by atoms with E-state index in [1.807, 2.05) is 25.1 Å². The van der Waals surface area contributed by atoms with Crippen LogP contribution in [-0.4, -0.2) is 21.6 Å². The number of carbonyl (C=O) groups excluding carboxylic acids is 1. The minimum atomic E-state index is -0.144. The van der Waals surface area contributed by atoms with Crippen molar-refractivity contribution in [3.63, 3.8) is 0 Å². The quantitative estimate of drug-likeness (QED) is 0.323. The zero-order valence-electron chi connectivity index (χ0n) is 20.4. The number of anilines is 1. The van der Waals surface area contributed by atoms with Gasteiger partial charge in [-0.2, -0.15) is 5.26 Å². The number of nitrogens with zero attached hydrogens (tertiary/aromatic N) is 3. The monoisotopic (exact) mass is 490 g/mol. The van der Waals surface area contributed by atoms with Crippen molar-refractivity contribution >= 4 is 34.0 Å². The summed E-state index contributed by atoms with van der Waals surface area (Å²) in [5.74, 6) is 0.634. The van der Waals surface area contributed by atoms with Crippen LogP contribution in [0, 0.1) is 36.5 Å². The van der Waals surface area contributed by atoms with E-state index in [2.05, 4.69) is 61.2 Å². The van der Waals surface area contributed by atoms with Crippen LogP contribution in [0.2, 0.25) is 0 Å². The average Bonchev–Trinajstić information content (AvgIpc) is 3.13. The molecule has 0 bridgehead atoms. The van der Waals surface area contributed by atoms with Gasteiger partial charge in [-0.15, -0.1) is 11.3 Å². The lowest BCUT2D eigenvalue weighted by Gasteiger charge is -2.33. The number of rotatable bonds is 5. The lowest BCUT2D eigenvalue weighted by atomic mass is 9.72. The molecule has 0 unspecified atom stereocenters. The molecule has 0 radical (unpaired) electrons. The topological polar surface area (TPSA) is 78.7 Å². The van der Waals surface area contributed by atoms with Crippen LogP contribution in [-0.2, 0) is 17.6 Å². The maximum Gasteiger partial charge on any atom is 0.235 e. The number of amides is 1. The van der Waals surface area contributed by atoms with Gasteiger partial charge in [0.05, 0.1) is 17.0 Å². The Hall–Kier alpha value is -2.69. The second kappa shape index (κ2) is 9.89. The summed E-state index contributed by atoms with van der Waals surface area (Å²) < 4.78 is 0. The fourth-order valence-corrected chi connectivity index (χ4v) is 6.30. The maximum atomic E-state index is 12.8. The minimum absolute atomic E-state index is 0.144. The molecular weight excluding hydrogens is 460 g/mol. The Kier molecular flexibility index (Phi) is 7.11. The third kappa shape index (κ3) is 5.51. The minimum Gasteiger partial charge on any atom is -0.316 e. The average molecular weight is 491 g/mol. The highest BCUT2D eigenvalue weighted by molar-refractivity contribution is 7.99. The SMILES string of the molecule is Cc1ccc(-c2cc(C)nc(SCC(=O)Nc3sc4c(c3C#N)CC[C@@H](C(C)(C)C)C4)n2)cc1. The summed E-state index contributed by atoms with van der Waals surface area (Å²) in [7, 11) is 0. The first-order valence-corrected chi connectivity index (χ1v) is 13.3. The largest absolute Gasteiger partial charge is 0.316 e. The molecule has 1 N–H and O–H groups in total. The van der Waals surface area contributed by atoms with Gasteiger partial charge in [0.2, 0.25) is 5.91 Å². The maximum absolute atomic E-state index is 12.8. The van der Waals surface area contributed by atoms with Crippen LogP contribution < -0.4 is 5.32 Å². The molecule has 4 rings (SSSR count). The second-order valence-corrected chi connectivity index (χ2v) is 12.1. The van der Waals surface area contributed by atoms with E-state index < -0.39 is 0 Å². The molecular formula is C27H30N4OS2. The number of nitrogens with one attached hydrogen (secondary N) is 1. The van der Waals surface area contributed by atoms with Crippen molar-refractivity contribution in [2.24, 2.45) is 11.3 Å². The van der Waals surface area contributed by atoms with Crippen molar-refractivity contribution in [2.45, 2.75) is 59.0 Å². The zero-order chi connectivity index (χ0) is 24.5. The van der Waals surface area contributed by atoms with E-state index in [1.54, 1.807) is 11.3 Å². The Balaban J connectivity index is 1.45. The highest BCUT2D eigenvalue weighted by Crippen LogP contribution is 2.44. The smallest absolute Gasteiger partial charge is 0.235 e. The van der Waals surface area contributed by atoms with Crippen LogP contribution in [0.15, 0.2) is 35.5 Å². The van der Waals surface area contributed by atoms with Crippen LogP contribution in [0.25, 0.3) is 11.3 Å². The molecule has 0 aliphatic heterocycles. The Morgan fingerprint density at radius 1 is 1.24 bits per heavy atom. The molecule has 176 valence electrons. The predicted molar refractivity (Wildman–Crippen MR) is 140 cm³/mol. The molecule has 5 nitrogen and oxygen atoms in total. The van der Waals surface area contributed by atoms with Gasteiger partial charge < -0.3 is 5.32 Å². The number of thioether (sulfide) groups is 1. The number of hydrogen-bond donors (Lipinski definition) is 1. The molecule has 0 fully saturated rings. The predicted octanol–water partition coefficient (Wildman–Crippen LogP) is 6.58. The lowest BCUT2D eigenvalue weighted by molar-refractivity contribution is -0.113. The molecule has 2 aromatic heterocycles. The highest BCUT2D eigenvalue weighted by Gasteiger charge is 2.32. The molecule has 1 aliphatic rings. The molecule has 34 heavy (non-hydrogen) atoms. The van der Waals surface area contributed by atoms with Crippen LogP contribution in [0.4, 0.5) is 5.00 Å². The first-order chi connectivity index (χ1) is 16.1. The van der Waals surface area contributed by atoms with Gasteiger partial charge in [0, 0.05) is 16.1 Å². The normalized spacial score (nSPS) is 15.5. The highest BCUT2D eigenvalue weighted by atomic mass is 32.2. The molecule has 0 saturated heterocycles. The van der Waals surface area contributed by atoms with Crippen molar-refractivity contribution in [3.8, 4) is 17.3 Å². The van der Waals surface area contributed by atoms with Crippen molar-refractivity contribution in [3.05, 3.63) is 57.6 Å². The molecule has 1 atom stereocenters. The van der Waals surface area contributed by atoms with Gasteiger partial charge >= 0.3 is 0 Å². The first-order valence-electron chi connectivity index (χ1n) is 11.5. The van der Waals surface area contributed by atoms with Crippen molar-refractivity contribution in [1.29, 1.82) is 5.26 Å². The van der Waals surface area contributed by atoms with E-state index in [0.29, 0.717) is 21.6 Å². The molecule has 2 heterocycles. The summed E-state index contributed by atoms with van der Waals surface area (Å²) >= 11 is 2.88. The van der Waals surface area contributed by atoms with Crippen LogP contribution in [0.1, 0.15) is 54.5 Å². The van der Waals surface area contributed by atoms with Gasteiger partial charge in [-0.05, 0) is 56.1 Å². The van der Waals surface area contributed by atoms with Crippen molar-refractivity contribution in [2.75, 3.05) is 11.1 Å². The summed E-state index contributed by atoms with van der Waals surface area (Å²) in [6.45, 7) is 10.8. The lowest BCUT2D eigenvalue weighted by Crippen LogP contribution is -2.26. The summed E-state index contributed by atoms with van der Waals surface area (Å²) in [5.41, 5.74) is 5.93. The fourth-order valence-electron chi connectivity index (χ4n) is 4.30. The van der Waals surface area contributed by atoms with Gasteiger partial charge in [-0.1, -0.05) is 62.4 Å². The van der Waals surface area contributed by atoms with E-state index in [1.165, 1.54) is 22.2 Å². The molecule has 0 saturated carbocycles. The van der Waals surface area contributed by atoms with E-state index in [9.17, 15) is 10.1 Å². The third-order valence-corrected chi connectivity index (χ3v) is 8.39. The van der Waals surface area contributed by atoms with Gasteiger partial charge in [-0.3, -0.25) is 4.79 Å². The van der Waals surface area contributed by atoms with Crippen LogP contribution in [0.5, 0.6) is 0 Å². The zero-order valence-corrected chi connectivity index (χ0v) is 22.0. The van der Waals surface area contributed by atoms with E-state index >= 15 is 0 Å². The Morgan fingerprint density at radius 3 is 2.65 bits per heavy atom. The number of hydrogen-bond acceptors (Lipinski definition) is 6. The first kappa shape index (κ1) is 24.4.